The summed E-state index contributed by atoms with van der Waals surface area (Å²) in [5, 5.41) is 4.25. The second-order valence-corrected chi connectivity index (χ2v) is 8.01. The maximum absolute atomic E-state index is 13.3. The number of para-hydroxylation sites is 1. The summed E-state index contributed by atoms with van der Waals surface area (Å²) in [6, 6.07) is 20.8. The van der Waals surface area contributed by atoms with E-state index in [9.17, 15) is 14.4 Å². The lowest BCUT2D eigenvalue weighted by Crippen LogP contribution is -2.50. The number of carbonyl (C=O) groups is 3. The van der Waals surface area contributed by atoms with Crippen molar-refractivity contribution in [3.05, 3.63) is 96.3 Å². The first-order valence-electron chi connectivity index (χ1n) is 10.8. The number of nitrogens with zero attached hydrogens (tertiary/aromatic N) is 3. The van der Waals surface area contributed by atoms with Crippen molar-refractivity contribution in [1.82, 2.24) is 20.7 Å². The van der Waals surface area contributed by atoms with Crippen LogP contribution in [-0.4, -0.2) is 45.4 Å². The van der Waals surface area contributed by atoms with E-state index in [2.05, 4.69) is 15.7 Å². The van der Waals surface area contributed by atoms with Gasteiger partial charge in [-0.05, 0) is 48.5 Å². The lowest BCUT2D eigenvalue weighted by atomic mass is 10.1. The number of pyridine rings is 1. The van der Waals surface area contributed by atoms with Crippen LogP contribution in [0.3, 0.4) is 0 Å². The van der Waals surface area contributed by atoms with Crippen LogP contribution in [0.5, 0.6) is 0 Å². The molecule has 4 rings (SSSR count). The SMILES string of the molecule is O=C(CC1C(=O)N(c2ccccc2)C(=S)N1NC(=O)c1ccncc1)NCCc1ccccc1. The summed E-state index contributed by atoms with van der Waals surface area (Å²) in [6.07, 6.45) is 3.50. The highest BCUT2D eigenvalue weighted by Crippen LogP contribution is 2.26. The van der Waals surface area contributed by atoms with E-state index >= 15 is 0 Å². The van der Waals surface area contributed by atoms with Crippen molar-refractivity contribution in [1.29, 1.82) is 0 Å². The number of hydrogen-bond donors (Lipinski definition) is 2. The summed E-state index contributed by atoms with van der Waals surface area (Å²) >= 11 is 5.54. The maximum Gasteiger partial charge on any atom is 0.269 e. The number of rotatable bonds is 8. The molecule has 0 bridgehead atoms. The molecule has 1 aliphatic rings. The predicted octanol–water partition coefficient (Wildman–Crippen LogP) is 2.48. The van der Waals surface area contributed by atoms with E-state index < -0.39 is 11.9 Å². The molecule has 1 atom stereocenters. The number of hydrazine groups is 1. The predicted molar refractivity (Wildman–Crippen MR) is 132 cm³/mol. The van der Waals surface area contributed by atoms with Crippen LogP contribution >= 0.6 is 12.2 Å². The van der Waals surface area contributed by atoms with Gasteiger partial charge in [-0.25, -0.2) is 5.01 Å². The molecule has 172 valence electrons. The van der Waals surface area contributed by atoms with Gasteiger partial charge < -0.3 is 5.32 Å². The molecule has 34 heavy (non-hydrogen) atoms. The molecule has 0 saturated carbocycles. The Bertz CT molecular complexity index is 1170. The van der Waals surface area contributed by atoms with Gasteiger partial charge in [-0.1, -0.05) is 48.5 Å². The van der Waals surface area contributed by atoms with Crippen molar-refractivity contribution in [2.45, 2.75) is 18.9 Å². The Morgan fingerprint density at radius 3 is 2.26 bits per heavy atom. The third-order valence-electron chi connectivity index (χ3n) is 5.35. The van der Waals surface area contributed by atoms with Crippen LogP contribution in [0.25, 0.3) is 0 Å². The molecule has 9 heteroatoms. The number of carbonyl (C=O) groups excluding carboxylic acids is 3. The zero-order valence-electron chi connectivity index (χ0n) is 18.3. The minimum absolute atomic E-state index is 0.0979. The van der Waals surface area contributed by atoms with Gasteiger partial charge in [0.2, 0.25) is 11.0 Å². The number of hydrogen-bond acceptors (Lipinski definition) is 5. The first-order valence-corrected chi connectivity index (χ1v) is 11.2. The van der Waals surface area contributed by atoms with E-state index in [1.165, 1.54) is 22.3 Å². The Morgan fingerprint density at radius 2 is 1.59 bits per heavy atom. The summed E-state index contributed by atoms with van der Waals surface area (Å²) in [5.41, 5.74) is 4.71. The molecule has 0 aliphatic carbocycles. The smallest absolute Gasteiger partial charge is 0.269 e. The van der Waals surface area contributed by atoms with Crippen molar-refractivity contribution < 1.29 is 14.4 Å². The van der Waals surface area contributed by atoms with E-state index in [1.54, 1.807) is 36.4 Å². The molecule has 0 radical (unpaired) electrons. The monoisotopic (exact) mass is 473 g/mol. The van der Waals surface area contributed by atoms with Crippen LogP contribution in [0.15, 0.2) is 85.2 Å². The molecular weight excluding hydrogens is 450 g/mol. The Kier molecular flexibility index (Phi) is 7.24. The van der Waals surface area contributed by atoms with E-state index in [1.807, 2.05) is 36.4 Å². The third-order valence-corrected chi connectivity index (χ3v) is 5.73. The molecule has 3 amide bonds. The largest absolute Gasteiger partial charge is 0.356 e. The summed E-state index contributed by atoms with van der Waals surface area (Å²) < 4.78 is 0. The maximum atomic E-state index is 13.3. The zero-order valence-corrected chi connectivity index (χ0v) is 19.1. The molecule has 3 aromatic rings. The quantitative estimate of drug-likeness (QED) is 0.488. The average Bonchev–Trinajstić information content (AvgIpc) is 3.09. The summed E-state index contributed by atoms with van der Waals surface area (Å²) in [6.45, 7) is 0.431. The molecule has 1 aliphatic heterocycles. The molecule has 1 unspecified atom stereocenters. The highest BCUT2D eigenvalue weighted by molar-refractivity contribution is 7.80. The van der Waals surface area contributed by atoms with E-state index in [4.69, 9.17) is 12.2 Å². The van der Waals surface area contributed by atoms with Gasteiger partial charge in [0.25, 0.3) is 11.8 Å². The lowest BCUT2D eigenvalue weighted by molar-refractivity contribution is -0.127. The van der Waals surface area contributed by atoms with Crippen molar-refractivity contribution in [3.8, 4) is 0 Å². The lowest BCUT2D eigenvalue weighted by Gasteiger charge is -2.24. The van der Waals surface area contributed by atoms with Crippen LogP contribution in [0, 0.1) is 0 Å². The molecule has 2 N–H and O–H groups in total. The molecule has 1 aromatic heterocycles. The van der Waals surface area contributed by atoms with E-state index in [-0.39, 0.29) is 23.3 Å². The van der Waals surface area contributed by atoms with Gasteiger partial charge in [0.05, 0.1) is 12.1 Å². The van der Waals surface area contributed by atoms with Crippen LogP contribution in [0.1, 0.15) is 22.3 Å². The van der Waals surface area contributed by atoms with Gasteiger partial charge in [-0.15, -0.1) is 0 Å². The minimum atomic E-state index is -0.977. The fourth-order valence-corrected chi connectivity index (χ4v) is 4.00. The highest BCUT2D eigenvalue weighted by atomic mass is 32.1. The third kappa shape index (κ3) is 5.26. The van der Waals surface area contributed by atoms with Crippen LogP contribution in [-0.2, 0) is 16.0 Å². The number of amides is 3. The molecule has 2 heterocycles. The topological polar surface area (TPSA) is 94.6 Å². The molecule has 1 saturated heterocycles. The molecular formula is C25H23N5O3S. The summed E-state index contributed by atoms with van der Waals surface area (Å²) in [5.74, 6) is -1.15. The summed E-state index contributed by atoms with van der Waals surface area (Å²) in [7, 11) is 0. The van der Waals surface area contributed by atoms with Crippen molar-refractivity contribution in [3.63, 3.8) is 0 Å². The van der Waals surface area contributed by atoms with E-state index in [0.717, 1.165) is 5.56 Å². The Hall–Kier alpha value is -4.11. The Morgan fingerprint density at radius 1 is 0.941 bits per heavy atom. The molecule has 8 nitrogen and oxygen atoms in total. The van der Waals surface area contributed by atoms with Gasteiger partial charge >= 0.3 is 0 Å². The molecule has 2 aromatic carbocycles. The first-order chi connectivity index (χ1) is 16.5. The number of aromatic nitrogens is 1. The van der Waals surface area contributed by atoms with Gasteiger partial charge in [-0.2, -0.15) is 0 Å². The second-order valence-electron chi connectivity index (χ2n) is 7.64. The molecule has 1 fully saturated rings. The van der Waals surface area contributed by atoms with Crippen LogP contribution in [0.2, 0.25) is 0 Å². The van der Waals surface area contributed by atoms with Gasteiger partial charge in [-0.3, -0.25) is 29.7 Å². The Labute approximate surface area is 202 Å². The van der Waals surface area contributed by atoms with Gasteiger partial charge in [0, 0.05) is 24.5 Å². The minimum Gasteiger partial charge on any atom is -0.356 e. The van der Waals surface area contributed by atoms with Gasteiger partial charge in [0.15, 0.2) is 0 Å². The van der Waals surface area contributed by atoms with Crippen molar-refractivity contribution >= 4 is 40.7 Å². The van der Waals surface area contributed by atoms with Crippen LogP contribution < -0.4 is 15.6 Å². The highest BCUT2D eigenvalue weighted by Gasteiger charge is 2.45. The average molecular weight is 474 g/mol. The van der Waals surface area contributed by atoms with Crippen LogP contribution in [0.4, 0.5) is 5.69 Å². The number of anilines is 1. The number of nitrogens with one attached hydrogen (secondary N) is 2. The summed E-state index contributed by atoms with van der Waals surface area (Å²) in [4.78, 5) is 44.1. The number of benzene rings is 2. The molecule has 0 spiro atoms. The fourth-order valence-electron chi connectivity index (χ4n) is 3.63. The zero-order chi connectivity index (χ0) is 23.9. The first kappa shape index (κ1) is 23.1. The number of thiocarbonyl (C=S) groups is 1. The van der Waals surface area contributed by atoms with Crippen molar-refractivity contribution in [2.24, 2.45) is 0 Å². The van der Waals surface area contributed by atoms with E-state index in [0.29, 0.717) is 24.2 Å². The normalized spacial score (nSPS) is 15.4. The van der Waals surface area contributed by atoms with Gasteiger partial charge in [0.1, 0.15) is 6.04 Å². The van der Waals surface area contributed by atoms with Crippen molar-refractivity contribution in [2.75, 3.05) is 11.4 Å². The fraction of sp³-hybridized carbons (Fsp3) is 0.160. The second kappa shape index (κ2) is 10.7. The standard InChI is InChI=1S/C25H23N5O3S/c31-22(27-16-11-18-7-3-1-4-8-18)17-21-24(33)29(20-9-5-2-6-10-20)25(34)30(21)28-23(32)19-12-14-26-15-13-19/h1-10,12-15,21H,11,16-17H2,(H,27,31)(H,28,32). The Balaban J connectivity index is 1.49.